The van der Waals surface area contributed by atoms with E-state index in [-0.39, 0.29) is 0 Å². The minimum atomic E-state index is 0.397. The van der Waals surface area contributed by atoms with E-state index in [4.69, 9.17) is 9.57 Å². The van der Waals surface area contributed by atoms with Crippen molar-refractivity contribution < 1.29 is 9.57 Å². The molecule has 1 aliphatic carbocycles. The van der Waals surface area contributed by atoms with E-state index < -0.39 is 0 Å². The van der Waals surface area contributed by atoms with Crippen LogP contribution in [0.2, 0.25) is 0 Å². The van der Waals surface area contributed by atoms with Gasteiger partial charge in [-0.15, -0.1) is 0 Å². The van der Waals surface area contributed by atoms with E-state index in [0.29, 0.717) is 30.9 Å². The van der Waals surface area contributed by atoms with Crippen LogP contribution in [0.5, 0.6) is 11.5 Å². The van der Waals surface area contributed by atoms with Gasteiger partial charge in [0, 0.05) is 12.4 Å². The lowest BCUT2D eigenvalue weighted by molar-refractivity contribution is -0.0245. The molecule has 27 heavy (non-hydrogen) atoms. The normalized spacial score (nSPS) is 19.7. The van der Waals surface area contributed by atoms with Gasteiger partial charge in [0.2, 0.25) is 0 Å². The lowest BCUT2D eigenvalue weighted by atomic mass is 9.77. The highest BCUT2D eigenvalue weighted by molar-refractivity contribution is 5.69. The number of fused-ring (bicyclic) bond motifs is 1. The van der Waals surface area contributed by atoms with E-state index in [1.165, 1.54) is 17.6 Å². The first kappa shape index (κ1) is 17.9. The van der Waals surface area contributed by atoms with Gasteiger partial charge in [-0.2, -0.15) is 0 Å². The van der Waals surface area contributed by atoms with Crippen LogP contribution in [0.1, 0.15) is 44.5 Å². The standard InChI is InChI=1S/C21H26N4O2/c1-21(2)8-6-16(7-9-21)17-4-5-18-19(14-17)27-24-25(12-13-26-18)15-20-22-10-3-11-23-20/h3-6,10-11,14,24H,7-9,12-13,15H2,1-2H3. The SMILES string of the molecule is CC1(C)CC=C(c2ccc3c(c2)ONN(Cc2ncccn2)CCO3)CC1. The fourth-order valence-corrected chi connectivity index (χ4v) is 3.36. The van der Waals surface area contributed by atoms with Crippen LogP contribution < -0.4 is 15.2 Å². The highest BCUT2D eigenvalue weighted by Crippen LogP contribution is 2.40. The molecule has 6 heteroatoms. The second-order valence-corrected chi connectivity index (χ2v) is 7.89. The molecule has 2 heterocycles. The Morgan fingerprint density at radius 1 is 1.19 bits per heavy atom. The number of nitrogens with one attached hydrogen (secondary N) is 1. The maximum atomic E-state index is 5.90. The Labute approximate surface area is 160 Å². The third kappa shape index (κ3) is 4.46. The molecule has 2 aromatic rings. The molecule has 0 radical (unpaired) electrons. The molecular weight excluding hydrogens is 340 g/mol. The van der Waals surface area contributed by atoms with Gasteiger partial charge in [-0.25, -0.2) is 15.0 Å². The summed E-state index contributed by atoms with van der Waals surface area (Å²) in [5, 5.41) is 1.91. The number of hydrazine groups is 1. The number of hydrogen-bond donors (Lipinski definition) is 1. The molecule has 0 fully saturated rings. The highest BCUT2D eigenvalue weighted by atomic mass is 16.7. The van der Waals surface area contributed by atoms with Crippen molar-refractivity contribution in [3.63, 3.8) is 0 Å². The second kappa shape index (κ2) is 7.66. The van der Waals surface area contributed by atoms with E-state index in [1.807, 2.05) is 17.1 Å². The molecule has 6 nitrogen and oxygen atoms in total. The van der Waals surface area contributed by atoms with Crippen molar-refractivity contribution in [2.24, 2.45) is 5.41 Å². The number of nitrogens with zero attached hydrogens (tertiary/aromatic N) is 3. The maximum absolute atomic E-state index is 5.90. The van der Waals surface area contributed by atoms with Crippen molar-refractivity contribution >= 4 is 5.57 Å². The summed E-state index contributed by atoms with van der Waals surface area (Å²) in [6.07, 6.45) is 9.25. The van der Waals surface area contributed by atoms with Crippen molar-refractivity contribution in [2.75, 3.05) is 13.2 Å². The molecule has 2 aliphatic rings. The van der Waals surface area contributed by atoms with Gasteiger partial charge in [0.15, 0.2) is 11.5 Å². The summed E-state index contributed by atoms with van der Waals surface area (Å²) in [6.45, 7) is 6.42. The van der Waals surface area contributed by atoms with Crippen LogP contribution in [0.3, 0.4) is 0 Å². The minimum Gasteiger partial charge on any atom is -0.488 e. The fraction of sp³-hybridized carbons (Fsp3) is 0.429. The van der Waals surface area contributed by atoms with Gasteiger partial charge in [-0.3, -0.25) is 0 Å². The Kier molecular flexibility index (Phi) is 5.09. The molecule has 0 atom stereocenters. The minimum absolute atomic E-state index is 0.397. The molecular formula is C21H26N4O2. The number of rotatable bonds is 3. The summed E-state index contributed by atoms with van der Waals surface area (Å²) < 4.78 is 5.90. The van der Waals surface area contributed by atoms with Crippen molar-refractivity contribution in [2.45, 2.75) is 39.7 Å². The Morgan fingerprint density at radius 3 is 2.81 bits per heavy atom. The smallest absolute Gasteiger partial charge is 0.191 e. The van der Waals surface area contributed by atoms with Crippen LogP contribution >= 0.6 is 0 Å². The monoisotopic (exact) mass is 366 g/mol. The van der Waals surface area contributed by atoms with Gasteiger partial charge in [-0.05, 0) is 54.0 Å². The zero-order valence-electron chi connectivity index (χ0n) is 15.9. The van der Waals surface area contributed by atoms with E-state index >= 15 is 0 Å². The second-order valence-electron chi connectivity index (χ2n) is 7.89. The first-order valence-corrected chi connectivity index (χ1v) is 9.49. The van der Waals surface area contributed by atoms with E-state index in [0.717, 1.165) is 24.4 Å². The van der Waals surface area contributed by atoms with Gasteiger partial charge in [-0.1, -0.05) is 31.6 Å². The molecule has 1 aliphatic heterocycles. The van der Waals surface area contributed by atoms with E-state index in [9.17, 15) is 0 Å². The molecule has 1 N–H and O–H groups in total. The average molecular weight is 366 g/mol. The molecule has 0 spiro atoms. The topological polar surface area (TPSA) is 59.5 Å². The first-order valence-electron chi connectivity index (χ1n) is 9.49. The molecule has 1 aromatic heterocycles. The van der Waals surface area contributed by atoms with Crippen LogP contribution in [0.25, 0.3) is 5.57 Å². The van der Waals surface area contributed by atoms with Crippen LogP contribution in [-0.4, -0.2) is 28.1 Å². The van der Waals surface area contributed by atoms with E-state index in [2.05, 4.69) is 47.6 Å². The van der Waals surface area contributed by atoms with Gasteiger partial charge >= 0.3 is 0 Å². The van der Waals surface area contributed by atoms with Crippen molar-refractivity contribution in [1.82, 2.24) is 20.6 Å². The third-order valence-electron chi connectivity index (χ3n) is 5.14. The Hall–Kier alpha value is -2.44. The number of allylic oxidation sites excluding steroid dienone is 2. The Morgan fingerprint density at radius 2 is 2.04 bits per heavy atom. The maximum Gasteiger partial charge on any atom is 0.191 e. The van der Waals surface area contributed by atoms with Crippen molar-refractivity contribution in [3.8, 4) is 11.5 Å². The van der Waals surface area contributed by atoms with Gasteiger partial charge < -0.3 is 9.57 Å². The third-order valence-corrected chi connectivity index (χ3v) is 5.14. The molecule has 142 valence electrons. The van der Waals surface area contributed by atoms with Crippen LogP contribution in [0.15, 0.2) is 42.7 Å². The van der Waals surface area contributed by atoms with Gasteiger partial charge in [0.05, 0.1) is 13.1 Å². The summed E-state index contributed by atoms with van der Waals surface area (Å²) in [4.78, 5) is 14.4. The van der Waals surface area contributed by atoms with E-state index in [1.54, 1.807) is 12.4 Å². The first-order chi connectivity index (χ1) is 13.1. The molecule has 0 bridgehead atoms. The molecule has 0 saturated carbocycles. The van der Waals surface area contributed by atoms with Gasteiger partial charge in [0.25, 0.3) is 0 Å². The molecule has 0 amide bonds. The average Bonchev–Trinajstić information content (AvgIpc) is 2.65. The molecule has 0 unspecified atom stereocenters. The van der Waals surface area contributed by atoms with Crippen LogP contribution in [0.4, 0.5) is 0 Å². The fourth-order valence-electron chi connectivity index (χ4n) is 3.36. The molecule has 1 aromatic carbocycles. The Bertz CT molecular complexity index is 820. The molecule has 4 rings (SSSR count). The predicted octanol–water partition coefficient (Wildman–Crippen LogP) is 3.76. The number of aromatic nitrogens is 2. The summed E-state index contributed by atoms with van der Waals surface area (Å²) in [6, 6.07) is 8.00. The van der Waals surface area contributed by atoms with Crippen LogP contribution in [0, 0.1) is 5.41 Å². The highest BCUT2D eigenvalue weighted by Gasteiger charge is 2.23. The summed E-state index contributed by atoms with van der Waals surface area (Å²) in [5.74, 6) is 2.20. The summed E-state index contributed by atoms with van der Waals surface area (Å²) in [5.41, 5.74) is 6.01. The Balaban J connectivity index is 1.48. The summed E-state index contributed by atoms with van der Waals surface area (Å²) in [7, 11) is 0. The van der Waals surface area contributed by atoms with Crippen molar-refractivity contribution in [3.05, 3.63) is 54.1 Å². The summed E-state index contributed by atoms with van der Waals surface area (Å²) >= 11 is 0. The number of hydrogen-bond acceptors (Lipinski definition) is 6. The lowest BCUT2D eigenvalue weighted by Crippen LogP contribution is -2.43. The largest absolute Gasteiger partial charge is 0.488 e. The zero-order valence-corrected chi connectivity index (χ0v) is 15.9. The quantitative estimate of drug-likeness (QED) is 0.892. The number of ether oxygens (including phenoxy) is 1. The van der Waals surface area contributed by atoms with Crippen molar-refractivity contribution in [1.29, 1.82) is 0 Å². The molecule has 0 saturated heterocycles. The van der Waals surface area contributed by atoms with Gasteiger partial charge in [0.1, 0.15) is 12.4 Å². The number of benzene rings is 1. The van der Waals surface area contributed by atoms with Crippen LogP contribution in [-0.2, 0) is 6.54 Å². The predicted molar refractivity (Wildman–Crippen MR) is 104 cm³/mol. The zero-order chi connectivity index (χ0) is 18.7. The lowest BCUT2D eigenvalue weighted by Gasteiger charge is -2.29.